The molecule has 0 saturated heterocycles. The number of hydrogen-bond acceptors (Lipinski definition) is 3. The second-order valence-corrected chi connectivity index (χ2v) is 9.08. The molecule has 3 aromatic carbocycles. The van der Waals surface area contributed by atoms with Gasteiger partial charge in [-0.25, -0.2) is 17.2 Å². The van der Waals surface area contributed by atoms with Gasteiger partial charge in [0, 0.05) is 16.8 Å². The Bertz CT molecular complexity index is 1210. The Kier molecular flexibility index (Phi) is 7.27. The summed E-state index contributed by atoms with van der Waals surface area (Å²) in [5.74, 6) is -2.99. The SMILES string of the molecule is O=C(Nc1ccc(F)c(F)c1)[C@@H](Cc1ccccc1)NS(=O)(=O)c1cc(Cl)ccc1Cl. The second-order valence-electron chi connectivity index (χ2n) is 6.56. The van der Waals surface area contributed by atoms with E-state index < -0.39 is 33.6 Å². The van der Waals surface area contributed by atoms with Crippen LogP contribution >= 0.6 is 23.2 Å². The van der Waals surface area contributed by atoms with Gasteiger partial charge in [0.25, 0.3) is 0 Å². The van der Waals surface area contributed by atoms with Crippen molar-refractivity contribution in [3.8, 4) is 0 Å². The Balaban J connectivity index is 1.91. The van der Waals surface area contributed by atoms with E-state index in [2.05, 4.69) is 10.0 Å². The molecule has 0 aromatic heterocycles. The van der Waals surface area contributed by atoms with Crippen molar-refractivity contribution in [3.05, 3.63) is 94.0 Å². The molecule has 3 aromatic rings. The van der Waals surface area contributed by atoms with Gasteiger partial charge in [0.15, 0.2) is 11.6 Å². The third-order valence-corrected chi connectivity index (χ3v) is 6.45. The maximum absolute atomic E-state index is 13.5. The number of hydrogen-bond donors (Lipinski definition) is 2. The minimum atomic E-state index is -4.25. The zero-order chi connectivity index (χ0) is 22.6. The standard InChI is InChI=1S/C21H16Cl2F2N2O3S/c22-14-6-8-16(23)20(11-14)31(29,30)27-19(10-13-4-2-1-3-5-13)21(28)26-15-7-9-17(24)18(25)12-15/h1-9,11-12,19,27H,10H2,(H,26,28)/t19-/m1/s1. The highest BCUT2D eigenvalue weighted by Gasteiger charge is 2.28. The Morgan fingerprint density at radius 2 is 1.65 bits per heavy atom. The molecule has 1 atom stereocenters. The molecule has 5 nitrogen and oxygen atoms in total. The fourth-order valence-corrected chi connectivity index (χ4v) is 4.73. The Morgan fingerprint density at radius 1 is 0.935 bits per heavy atom. The summed E-state index contributed by atoms with van der Waals surface area (Å²) < 4.78 is 54.8. The van der Waals surface area contributed by atoms with E-state index in [1.54, 1.807) is 30.3 Å². The van der Waals surface area contributed by atoms with Crippen LogP contribution < -0.4 is 10.0 Å². The van der Waals surface area contributed by atoms with Gasteiger partial charge in [-0.1, -0.05) is 53.5 Å². The lowest BCUT2D eigenvalue weighted by molar-refractivity contribution is -0.117. The predicted molar refractivity (Wildman–Crippen MR) is 116 cm³/mol. The maximum atomic E-state index is 13.5. The van der Waals surface area contributed by atoms with Gasteiger partial charge >= 0.3 is 0 Å². The zero-order valence-corrected chi connectivity index (χ0v) is 18.1. The summed E-state index contributed by atoms with van der Waals surface area (Å²) in [6, 6.07) is 14.2. The van der Waals surface area contributed by atoms with Crippen LogP contribution in [0.5, 0.6) is 0 Å². The van der Waals surface area contributed by atoms with Crippen LogP contribution in [0.1, 0.15) is 5.56 Å². The van der Waals surface area contributed by atoms with E-state index in [1.807, 2.05) is 0 Å². The van der Waals surface area contributed by atoms with Crippen molar-refractivity contribution in [1.29, 1.82) is 0 Å². The van der Waals surface area contributed by atoms with Gasteiger partial charge in [-0.2, -0.15) is 4.72 Å². The average molecular weight is 485 g/mol. The molecular weight excluding hydrogens is 469 g/mol. The lowest BCUT2D eigenvalue weighted by atomic mass is 10.1. The van der Waals surface area contributed by atoms with Crippen molar-refractivity contribution in [2.24, 2.45) is 0 Å². The smallest absolute Gasteiger partial charge is 0.242 e. The van der Waals surface area contributed by atoms with E-state index in [0.717, 1.165) is 18.2 Å². The summed E-state index contributed by atoms with van der Waals surface area (Å²) >= 11 is 11.9. The largest absolute Gasteiger partial charge is 0.325 e. The summed E-state index contributed by atoms with van der Waals surface area (Å²) in [6.07, 6.45) is -0.00619. The number of amides is 1. The van der Waals surface area contributed by atoms with E-state index in [1.165, 1.54) is 18.2 Å². The number of nitrogens with one attached hydrogen (secondary N) is 2. The minimum Gasteiger partial charge on any atom is -0.325 e. The number of sulfonamides is 1. The Labute approximate surface area is 188 Å². The molecule has 162 valence electrons. The maximum Gasteiger partial charge on any atom is 0.242 e. The molecule has 10 heteroatoms. The van der Waals surface area contributed by atoms with Crippen LogP contribution in [0.3, 0.4) is 0 Å². The minimum absolute atomic E-state index is 0.00619. The highest BCUT2D eigenvalue weighted by atomic mass is 35.5. The van der Waals surface area contributed by atoms with Gasteiger partial charge in [0.2, 0.25) is 15.9 Å². The first-order chi connectivity index (χ1) is 14.7. The summed E-state index contributed by atoms with van der Waals surface area (Å²) in [4.78, 5) is 12.6. The Morgan fingerprint density at radius 3 is 2.32 bits per heavy atom. The van der Waals surface area contributed by atoms with Crippen LogP contribution in [0.2, 0.25) is 10.0 Å². The third kappa shape index (κ3) is 6.01. The number of anilines is 1. The molecular formula is C21H16Cl2F2N2O3S. The topological polar surface area (TPSA) is 75.3 Å². The molecule has 0 fully saturated rings. The molecule has 0 radical (unpaired) electrons. The van der Waals surface area contributed by atoms with Crippen LogP contribution in [0, 0.1) is 11.6 Å². The van der Waals surface area contributed by atoms with Crippen molar-refractivity contribution in [2.75, 3.05) is 5.32 Å². The molecule has 31 heavy (non-hydrogen) atoms. The molecule has 3 rings (SSSR count). The molecule has 0 heterocycles. The summed E-state index contributed by atoms with van der Waals surface area (Å²) in [7, 11) is -4.25. The van der Waals surface area contributed by atoms with E-state index in [-0.39, 0.29) is 27.0 Å². The number of carbonyl (C=O) groups is 1. The fraction of sp³-hybridized carbons (Fsp3) is 0.0952. The normalized spacial score (nSPS) is 12.4. The first kappa shape index (κ1) is 23.1. The van der Waals surface area contributed by atoms with Crippen LogP contribution in [0.15, 0.2) is 71.6 Å². The molecule has 0 unspecified atom stereocenters. The molecule has 0 saturated carbocycles. The number of rotatable bonds is 7. The molecule has 1 amide bonds. The molecule has 0 bridgehead atoms. The first-order valence-corrected chi connectivity index (χ1v) is 11.2. The van der Waals surface area contributed by atoms with E-state index in [4.69, 9.17) is 23.2 Å². The zero-order valence-electron chi connectivity index (χ0n) is 15.8. The summed E-state index contributed by atoms with van der Waals surface area (Å²) in [5.41, 5.74) is 0.648. The monoisotopic (exact) mass is 484 g/mol. The van der Waals surface area contributed by atoms with Gasteiger partial charge in [-0.05, 0) is 42.3 Å². The van der Waals surface area contributed by atoms with E-state index in [0.29, 0.717) is 5.56 Å². The molecule has 0 aliphatic carbocycles. The predicted octanol–water partition coefficient (Wildman–Crippen LogP) is 4.80. The quantitative estimate of drug-likeness (QED) is 0.505. The highest BCUT2D eigenvalue weighted by molar-refractivity contribution is 7.89. The molecule has 0 spiro atoms. The number of halogens is 4. The van der Waals surface area contributed by atoms with Crippen LogP contribution in [-0.2, 0) is 21.2 Å². The summed E-state index contributed by atoms with van der Waals surface area (Å²) in [5, 5.41) is 2.47. The molecule has 2 N–H and O–H groups in total. The van der Waals surface area contributed by atoms with Gasteiger partial charge in [-0.3, -0.25) is 4.79 Å². The van der Waals surface area contributed by atoms with Crippen molar-refractivity contribution >= 4 is 44.8 Å². The average Bonchev–Trinajstić information content (AvgIpc) is 2.72. The summed E-state index contributed by atoms with van der Waals surface area (Å²) in [6.45, 7) is 0. The Hall–Kier alpha value is -2.52. The van der Waals surface area contributed by atoms with Gasteiger partial charge in [0.1, 0.15) is 10.9 Å². The van der Waals surface area contributed by atoms with Crippen molar-refractivity contribution in [3.63, 3.8) is 0 Å². The van der Waals surface area contributed by atoms with E-state index >= 15 is 0 Å². The number of benzene rings is 3. The van der Waals surface area contributed by atoms with Crippen molar-refractivity contribution in [1.82, 2.24) is 4.72 Å². The molecule has 0 aliphatic rings. The lowest BCUT2D eigenvalue weighted by Gasteiger charge is -2.19. The van der Waals surface area contributed by atoms with Gasteiger partial charge in [-0.15, -0.1) is 0 Å². The van der Waals surface area contributed by atoms with Gasteiger partial charge in [0.05, 0.1) is 5.02 Å². The van der Waals surface area contributed by atoms with Crippen LogP contribution in [-0.4, -0.2) is 20.4 Å². The molecule has 0 aliphatic heterocycles. The van der Waals surface area contributed by atoms with Gasteiger partial charge < -0.3 is 5.32 Å². The van der Waals surface area contributed by atoms with E-state index in [9.17, 15) is 22.0 Å². The third-order valence-electron chi connectivity index (χ3n) is 4.27. The number of carbonyl (C=O) groups excluding carboxylic acids is 1. The van der Waals surface area contributed by atoms with Crippen LogP contribution in [0.4, 0.5) is 14.5 Å². The van der Waals surface area contributed by atoms with Crippen molar-refractivity contribution < 1.29 is 22.0 Å². The van der Waals surface area contributed by atoms with Crippen molar-refractivity contribution in [2.45, 2.75) is 17.4 Å². The van der Waals surface area contributed by atoms with Crippen LogP contribution in [0.25, 0.3) is 0 Å². The lowest BCUT2D eigenvalue weighted by Crippen LogP contribution is -2.45. The fourth-order valence-electron chi connectivity index (χ4n) is 2.77. The highest BCUT2D eigenvalue weighted by Crippen LogP contribution is 2.25. The second kappa shape index (κ2) is 9.74. The first-order valence-electron chi connectivity index (χ1n) is 8.93.